The van der Waals surface area contributed by atoms with E-state index in [4.69, 9.17) is 5.73 Å². The third kappa shape index (κ3) is 4.47. The molecule has 2 atom stereocenters. The Bertz CT molecular complexity index is 952. The van der Waals surface area contributed by atoms with Crippen LogP contribution in [-0.2, 0) is 16.1 Å². The molecule has 4 amide bonds. The number of benzene rings is 1. The van der Waals surface area contributed by atoms with Gasteiger partial charge in [0.25, 0.3) is 11.8 Å². The van der Waals surface area contributed by atoms with Crippen LogP contribution in [0.1, 0.15) is 85.1 Å². The van der Waals surface area contributed by atoms with Crippen molar-refractivity contribution >= 4 is 23.6 Å². The molecular formula is C24H32N4O4. The van der Waals surface area contributed by atoms with Gasteiger partial charge in [0.1, 0.15) is 6.04 Å². The van der Waals surface area contributed by atoms with E-state index >= 15 is 0 Å². The maximum atomic E-state index is 13.3. The zero-order valence-electron chi connectivity index (χ0n) is 18.9. The summed E-state index contributed by atoms with van der Waals surface area (Å²) in [5.74, 6) is -1.86. The van der Waals surface area contributed by atoms with Crippen LogP contribution < -0.4 is 11.1 Å². The summed E-state index contributed by atoms with van der Waals surface area (Å²) >= 11 is 0. The average molecular weight is 441 g/mol. The molecule has 3 heterocycles. The molecule has 8 nitrogen and oxygen atoms in total. The first kappa shape index (κ1) is 22.6. The zero-order valence-corrected chi connectivity index (χ0v) is 18.9. The van der Waals surface area contributed by atoms with E-state index in [2.05, 4.69) is 10.2 Å². The first-order chi connectivity index (χ1) is 15.2. The molecule has 1 aromatic carbocycles. The van der Waals surface area contributed by atoms with Gasteiger partial charge >= 0.3 is 0 Å². The molecule has 0 radical (unpaired) electrons. The predicted octanol–water partition coefficient (Wildman–Crippen LogP) is 1.96. The van der Waals surface area contributed by atoms with Gasteiger partial charge in [0.15, 0.2) is 0 Å². The van der Waals surface area contributed by atoms with Crippen molar-refractivity contribution in [3.05, 3.63) is 34.9 Å². The monoisotopic (exact) mass is 440 g/mol. The van der Waals surface area contributed by atoms with Crippen molar-refractivity contribution < 1.29 is 19.2 Å². The molecule has 8 heteroatoms. The fraction of sp³-hybridized carbons (Fsp3) is 0.583. The summed E-state index contributed by atoms with van der Waals surface area (Å²) in [6, 6.07) is 4.80. The van der Waals surface area contributed by atoms with E-state index in [1.54, 1.807) is 12.1 Å². The fourth-order valence-electron chi connectivity index (χ4n) is 5.07. The van der Waals surface area contributed by atoms with Crippen molar-refractivity contribution in [2.75, 3.05) is 6.54 Å². The summed E-state index contributed by atoms with van der Waals surface area (Å²) in [5, 5.41) is 2.24. The maximum Gasteiger partial charge on any atom is 0.262 e. The van der Waals surface area contributed by atoms with Gasteiger partial charge in [0, 0.05) is 24.5 Å². The number of amides is 4. The number of carbonyl (C=O) groups excluding carboxylic acids is 4. The Morgan fingerprint density at radius 2 is 1.88 bits per heavy atom. The van der Waals surface area contributed by atoms with Crippen LogP contribution in [0.25, 0.3) is 0 Å². The first-order valence-corrected chi connectivity index (χ1v) is 11.5. The molecule has 2 unspecified atom stereocenters. The van der Waals surface area contributed by atoms with Crippen molar-refractivity contribution in [3.8, 4) is 0 Å². The number of hydrogen-bond acceptors (Lipinski definition) is 6. The Hall–Kier alpha value is -2.58. The smallest absolute Gasteiger partial charge is 0.262 e. The minimum Gasteiger partial charge on any atom is -0.326 e. The number of nitrogens with zero attached hydrogens (tertiary/aromatic N) is 2. The first-order valence-electron chi connectivity index (χ1n) is 11.5. The average Bonchev–Trinajstić information content (AvgIpc) is 2.98. The van der Waals surface area contributed by atoms with Gasteiger partial charge < -0.3 is 5.73 Å². The Morgan fingerprint density at radius 1 is 1.09 bits per heavy atom. The highest BCUT2D eigenvalue weighted by Crippen LogP contribution is 2.32. The Kier molecular flexibility index (Phi) is 6.18. The summed E-state index contributed by atoms with van der Waals surface area (Å²) in [4.78, 5) is 53.7. The lowest BCUT2D eigenvalue weighted by atomic mass is 9.91. The number of rotatable bonds is 6. The second kappa shape index (κ2) is 8.75. The van der Waals surface area contributed by atoms with Crippen LogP contribution in [0.5, 0.6) is 0 Å². The highest BCUT2D eigenvalue weighted by molar-refractivity contribution is 6.24. The second-order valence-corrected chi connectivity index (χ2v) is 9.93. The molecule has 172 valence electrons. The molecule has 3 aliphatic heterocycles. The topological polar surface area (TPSA) is 113 Å². The molecule has 3 aliphatic rings. The SMILES string of the molecule is CC(C)(N)CCC1CCCCN1Cc1cccc2c1C(=O)N(C1CCC(=O)NC1=O)C2=O. The summed E-state index contributed by atoms with van der Waals surface area (Å²) in [6.45, 7) is 5.61. The third-order valence-corrected chi connectivity index (χ3v) is 6.80. The molecule has 4 rings (SSSR count). The minimum absolute atomic E-state index is 0.115. The molecule has 2 fully saturated rings. The number of piperidine rings is 2. The number of likely N-dealkylation sites (tertiary alicyclic amines) is 1. The fourth-order valence-corrected chi connectivity index (χ4v) is 5.07. The van der Waals surface area contributed by atoms with Gasteiger partial charge in [-0.2, -0.15) is 0 Å². The van der Waals surface area contributed by atoms with Gasteiger partial charge in [-0.1, -0.05) is 18.6 Å². The van der Waals surface area contributed by atoms with Gasteiger partial charge in [0.05, 0.1) is 11.1 Å². The number of hydrogen-bond donors (Lipinski definition) is 2. The quantitative estimate of drug-likeness (QED) is 0.654. The molecule has 1 aromatic rings. The van der Waals surface area contributed by atoms with Crippen LogP contribution in [0, 0.1) is 0 Å². The van der Waals surface area contributed by atoms with Crippen molar-refractivity contribution in [2.45, 2.75) is 83.0 Å². The lowest BCUT2D eigenvalue weighted by Gasteiger charge is -2.37. The molecule has 32 heavy (non-hydrogen) atoms. The largest absolute Gasteiger partial charge is 0.326 e. The Labute approximate surface area is 188 Å². The summed E-state index contributed by atoms with van der Waals surface area (Å²) in [7, 11) is 0. The van der Waals surface area contributed by atoms with Crippen LogP contribution in [0.2, 0.25) is 0 Å². The van der Waals surface area contributed by atoms with Gasteiger partial charge in [0.2, 0.25) is 11.8 Å². The molecule has 0 aromatic heterocycles. The van der Waals surface area contributed by atoms with Crippen LogP contribution in [0.15, 0.2) is 18.2 Å². The molecule has 3 N–H and O–H groups in total. The number of nitrogens with two attached hydrogens (primary N) is 1. The number of imide groups is 2. The van der Waals surface area contributed by atoms with E-state index in [1.807, 2.05) is 19.9 Å². The van der Waals surface area contributed by atoms with Gasteiger partial charge in [-0.15, -0.1) is 0 Å². The van der Waals surface area contributed by atoms with Crippen LogP contribution in [-0.4, -0.2) is 57.6 Å². The van der Waals surface area contributed by atoms with E-state index < -0.39 is 23.8 Å². The van der Waals surface area contributed by atoms with E-state index in [-0.39, 0.29) is 24.3 Å². The van der Waals surface area contributed by atoms with Gasteiger partial charge in [-0.05, 0) is 64.1 Å². The van der Waals surface area contributed by atoms with E-state index in [1.165, 1.54) is 6.42 Å². The zero-order chi connectivity index (χ0) is 23.0. The molecular weight excluding hydrogens is 408 g/mol. The Morgan fingerprint density at radius 3 is 2.59 bits per heavy atom. The summed E-state index contributed by atoms with van der Waals surface area (Å²) in [5.41, 5.74) is 7.53. The normalized spacial score (nSPS) is 24.7. The van der Waals surface area contributed by atoms with Crippen molar-refractivity contribution in [1.82, 2.24) is 15.1 Å². The van der Waals surface area contributed by atoms with Crippen LogP contribution in [0.4, 0.5) is 0 Å². The Balaban J connectivity index is 1.56. The van der Waals surface area contributed by atoms with Crippen LogP contribution >= 0.6 is 0 Å². The lowest BCUT2D eigenvalue weighted by Crippen LogP contribution is -2.54. The third-order valence-electron chi connectivity index (χ3n) is 6.80. The number of fused-ring (bicyclic) bond motifs is 1. The van der Waals surface area contributed by atoms with Gasteiger partial charge in [-0.25, -0.2) is 0 Å². The standard InChI is InChI=1S/C24H32N4O4/c1-24(2,25)12-11-16-7-3-4-13-27(16)14-15-6-5-8-17-20(15)23(32)28(22(17)31)18-9-10-19(29)26-21(18)30/h5-6,8,16,18H,3-4,7,9-14,25H2,1-2H3,(H,26,29,30). The molecule has 0 bridgehead atoms. The molecule has 0 saturated carbocycles. The highest BCUT2D eigenvalue weighted by Gasteiger charge is 2.45. The lowest BCUT2D eigenvalue weighted by molar-refractivity contribution is -0.136. The predicted molar refractivity (Wildman–Crippen MR) is 119 cm³/mol. The summed E-state index contributed by atoms with van der Waals surface area (Å²) < 4.78 is 0. The second-order valence-electron chi connectivity index (χ2n) is 9.93. The van der Waals surface area contributed by atoms with E-state index in [9.17, 15) is 19.2 Å². The maximum absolute atomic E-state index is 13.3. The minimum atomic E-state index is -0.942. The molecule has 0 spiro atoms. The number of carbonyl (C=O) groups is 4. The number of nitrogens with one attached hydrogen (secondary N) is 1. The van der Waals surface area contributed by atoms with E-state index in [0.29, 0.717) is 23.7 Å². The summed E-state index contributed by atoms with van der Waals surface area (Å²) in [6.07, 6.45) is 5.57. The molecule has 2 saturated heterocycles. The van der Waals surface area contributed by atoms with Crippen LogP contribution in [0.3, 0.4) is 0 Å². The van der Waals surface area contributed by atoms with E-state index in [0.717, 1.165) is 42.7 Å². The highest BCUT2D eigenvalue weighted by atomic mass is 16.2. The van der Waals surface area contributed by atoms with Crippen molar-refractivity contribution in [3.63, 3.8) is 0 Å². The van der Waals surface area contributed by atoms with Gasteiger partial charge in [-0.3, -0.25) is 34.3 Å². The van der Waals surface area contributed by atoms with Crippen molar-refractivity contribution in [1.29, 1.82) is 0 Å². The molecule has 0 aliphatic carbocycles. The van der Waals surface area contributed by atoms with Crippen molar-refractivity contribution in [2.24, 2.45) is 5.73 Å².